The summed E-state index contributed by atoms with van der Waals surface area (Å²) in [6.07, 6.45) is -3.80. The van der Waals surface area contributed by atoms with Crippen LogP contribution in [0.2, 0.25) is 0 Å². The highest BCUT2D eigenvalue weighted by Crippen LogP contribution is 2.33. The Morgan fingerprint density at radius 1 is 1.56 bits per heavy atom. The van der Waals surface area contributed by atoms with Crippen molar-refractivity contribution in [2.24, 2.45) is 0 Å². The number of ether oxygens (including phenoxy) is 2. The van der Waals surface area contributed by atoms with Gasteiger partial charge in [0.05, 0.1) is 18.6 Å². The molecule has 4 nitrogen and oxygen atoms in total. The molecule has 0 N–H and O–H groups in total. The first-order valence-corrected chi connectivity index (χ1v) is 5.99. The summed E-state index contributed by atoms with van der Waals surface area (Å²) in [6.45, 7) is 0. The molecule has 1 aromatic heterocycles. The van der Waals surface area contributed by atoms with Gasteiger partial charge in [0.2, 0.25) is 0 Å². The lowest BCUT2D eigenvalue weighted by atomic mass is 10.1. The lowest BCUT2D eigenvalue weighted by molar-refractivity contribution is -0.275. The second-order valence-electron chi connectivity index (χ2n) is 2.94. The number of carbonyl (C=O) groups is 1. The van der Waals surface area contributed by atoms with Crippen molar-refractivity contribution in [2.45, 2.75) is 12.2 Å². The molecule has 0 bridgehead atoms. The van der Waals surface area contributed by atoms with Crippen LogP contribution in [0.25, 0.3) is 0 Å². The molecule has 100 valence electrons. The largest absolute Gasteiger partial charge is 0.573 e. The number of esters is 1. The van der Waals surface area contributed by atoms with E-state index in [1.807, 2.05) is 0 Å². The summed E-state index contributed by atoms with van der Waals surface area (Å²) < 4.78 is 44.9. The summed E-state index contributed by atoms with van der Waals surface area (Å²) in [5.41, 5.74) is -0.271. The molecule has 1 rings (SSSR count). The normalized spacial score (nSPS) is 11.2. The van der Waals surface area contributed by atoms with Gasteiger partial charge < -0.3 is 9.47 Å². The summed E-state index contributed by atoms with van der Waals surface area (Å²) in [5.74, 6) is -1.75. The second-order valence-corrected chi connectivity index (χ2v) is 4.23. The van der Waals surface area contributed by atoms with Crippen molar-refractivity contribution in [1.29, 1.82) is 0 Å². The van der Waals surface area contributed by atoms with Crippen molar-refractivity contribution >= 4 is 40.2 Å². The number of hydrogen-bond acceptors (Lipinski definition) is 4. The first-order valence-electron chi connectivity index (χ1n) is 4.37. The van der Waals surface area contributed by atoms with E-state index in [0.717, 1.165) is 13.3 Å². The van der Waals surface area contributed by atoms with E-state index < -0.39 is 18.1 Å². The minimum Gasteiger partial charge on any atom is -0.465 e. The van der Waals surface area contributed by atoms with E-state index in [2.05, 4.69) is 14.5 Å². The number of rotatable bonds is 3. The zero-order valence-electron chi connectivity index (χ0n) is 8.85. The third-order valence-electron chi connectivity index (χ3n) is 1.85. The maximum atomic E-state index is 12.2. The second kappa shape index (κ2) is 5.91. The first kappa shape index (κ1) is 15.3. The maximum absolute atomic E-state index is 12.2. The van der Waals surface area contributed by atoms with Gasteiger partial charge in [-0.3, -0.25) is 0 Å². The number of methoxy groups -OCH3 is 1. The minimum atomic E-state index is -4.89. The van der Waals surface area contributed by atoms with Crippen molar-refractivity contribution in [3.8, 4) is 5.75 Å². The fraction of sp³-hybridized carbons (Fsp3) is 0.333. The zero-order chi connectivity index (χ0) is 13.9. The lowest BCUT2D eigenvalue weighted by Crippen LogP contribution is -2.20. The van der Waals surface area contributed by atoms with Crippen molar-refractivity contribution in [3.05, 3.63) is 21.0 Å². The molecule has 0 aromatic carbocycles. The Balaban J connectivity index is 3.35. The average Bonchev–Trinajstić information content (AvgIpc) is 2.29. The number of aromatic nitrogens is 1. The Morgan fingerprint density at radius 2 is 2.17 bits per heavy atom. The highest BCUT2D eigenvalue weighted by Gasteiger charge is 2.34. The third kappa shape index (κ3) is 3.61. The summed E-state index contributed by atoms with van der Waals surface area (Å²) >= 11 is 7.11. The van der Waals surface area contributed by atoms with Gasteiger partial charge in [0.1, 0.15) is 3.70 Å². The maximum Gasteiger partial charge on any atom is 0.573 e. The van der Waals surface area contributed by atoms with Crippen LogP contribution in [0.1, 0.15) is 15.9 Å². The van der Waals surface area contributed by atoms with E-state index in [-0.39, 0.29) is 20.7 Å². The van der Waals surface area contributed by atoms with Crippen LogP contribution in [0.3, 0.4) is 0 Å². The highest BCUT2D eigenvalue weighted by atomic mass is 127. The fourth-order valence-electron chi connectivity index (χ4n) is 1.14. The van der Waals surface area contributed by atoms with Gasteiger partial charge in [-0.05, 0) is 22.6 Å². The Hall–Kier alpha value is -0.770. The molecule has 0 aliphatic rings. The van der Waals surface area contributed by atoms with E-state index in [1.54, 1.807) is 22.6 Å². The monoisotopic (exact) mass is 395 g/mol. The molecule has 1 heterocycles. The Labute approximate surface area is 119 Å². The molecular formula is C9H6ClF3INO3. The van der Waals surface area contributed by atoms with Gasteiger partial charge in [-0.15, -0.1) is 24.8 Å². The molecule has 0 atom stereocenters. The van der Waals surface area contributed by atoms with Crippen LogP contribution in [0.4, 0.5) is 13.2 Å². The molecule has 1 aromatic rings. The number of carbonyl (C=O) groups excluding carboxylic acids is 1. The summed E-state index contributed by atoms with van der Waals surface area (Å²) in [6, 6.07) is 0. The topological polar surface area (TPSA) is 48.4 Å². The molecule has 0 saturated carbocycles. The molecule has 18 heavy (non-hydrogen) atoms. The summed E-state index contributed by atoms with van der Waals surface area (Å²) in [4.78, 5) is 15.0. The Kier molecular flexibility index (Phi) is 5.02. The van der Waals surface area contributed by atoms with E-state index in [4.69, 9.17) is 11.6 Å². The molecule has 0 aliphatic heterocycles. The molecule has 0 radical (unpaired) electrons. The van der Waals surface area contributed by atoms with Crippen molar-refractivity contribution in [3.63, 3.8) is 0 Å². The number of alkyl halides is 4. The van der Waals surface area contributed by atoms with Gasteiger partial charge in [-0.25, -0.2) is 9.78 Å². The highest BCUT2D eigenvalue weighted by molar-refractivity contribution is 14.1. The molecule has 0 aliphatic carbocycles. The predicted octanol–water partition coefficient (Wildman–Crippen LogP) is 3.11. The van der Waals surface area contributed by atoms with E-state index in [1.165, 1.54) is 0 Å². The van der Waals surface area contributed by atoms with Crippen LogP contribution in [-0.4, -0.2) is 24.4 Å². The number of nitrogens with zero attached hydrogens (tertiary/aromatic N) is 1. The summed E-state index contributed by atoms with van der Waals surface area (Å²) in [5, 5.41) is 0. The first-order chi connectivity index (χ1) is 8.30. The predicted molar refractivity (Wildman–Crippen MR) is 64.5 cm³/mol. The SMILES string of the molecule is COC(=O)c1cnc(I)c(OC(F)(F)F)c1CCl. The number of hydrogen-bond donors (Lipinski definition) is 0. The standard InChI is InChI=1S/C9H6ClF3INO3/c1-17-8(16)5-3-15-7(14)6(4(5)2-10)18-9(11,12)13/h3H,2H2,1H3. The van der Waals surface area contributed by atoms with Gasteiger partial charge in [-0.2, -0.15) is 0 Å². The van der Waals surface area contributed by atoms with Gasteiger partial charge in [0.15, 0.2) is 5.75 Å². The van der Waals surface area contributed by atoms with Gasteiger partial charge in [0, 0.05) is 11.8 Å². The van der Waals surface area contributed by atoms with E-state index in [9.17, 15) is 18.0 Å². The molecular weight excluding hydrogens is 389 g/mol. The van der Waals surface area contributed by atoms with Gasteiger partial charge in [-0.1, -0.05) is 0 Å². The Bertz CT molecular complexity index is 467. The van der Waals surface area contributed by atoms with Crippen LogP contribution < -0.4 is 4.74 Å². The minimum absolute atomic E-state index is 0.0479. The molecule has 9 heteroatoms. The van der Waals surface area contributed by atoms with Gasteiger partial charge >= 0.3 is 12.3 Å². The van der Waals surface area contributed by atoms with Crippen LogP contribution in [0.15, 0.2) is 6.20 Å². The fourth-order valence-corrected chi connectivity index (χ4v) is 1.98. The van der Waals surface area contributed by atoms with Crippen LogP contribution in [0, 0.1) is 3.70 Å². The smallest absolute Gasteiger partial charge is 0.465 e. The molecule has 0 spiro atoms. The van der Waals surface area contributed by atoms with Crippen LogP contribution in [0.5, 0.6) is 5.75 Å². The van der Waals surface area contributed by atoms with Crippen molar-refractivity contribution < 1.29 is 27.4 Å². The van der Waals surface area contributed by atoms with Crippen LogP contribution >= 0.6 is 34.2 Å². The third-order valence-corrected chi connectivity index (χ3v) is 2.89. The van der Waals surface area contributed by atoms with E-state index in [0.29, 0.717) is 0 Å². The summed E-state index contributed by atoms with van der Waals surface area (Å²) in [7, 11) is 1.10. The van der Waals surface area contributed by atoms with E-state index >= 15 is 0 Å². The van der Waals surface area contributed by atoms with Crippen LogP contribution in [-0.2, 0) is 10.6 Å². The number of halogens is 5. The number of pyridine rings is 1. The lowest BCUT2D eigenvalue weighted by Gasteiger charge is -2.15. The molecule has 0 fully saturated rings. The van der Waals surface area contributed by atoms with Crippen molar-refractivity contribution in [2.75, 3.05) is 7.11 Å². The quantitative estimate of drug-likeness (QED) is 0.342. The molecule has 0 saturated heterocycles. The Morgan fingerprint density at radius 3 is 2.61 bits per heavy atom. The zero-order valence-corrected chi connectivity index (χ0v) is 11.8. The molecule has 0 unspecified atom stereocenters. The molecule has 0 amide bonds. The van der Waals surface area contributed by atoms with Crippen molar-refractivity contribution in [1.82, 2.24) is 4.98 Å². The average molecular weight is 396 g/mol. The van der Waals surface area contributed by atoms with Gasteiger partial charge in [0.25, 0.3) is 0 Å².